The van der Waals surface area contributed by atoms with Crippen molar-refractivity contribution in [2.24, 2.45) is 0 Å². The van der Waals surface area contributed by atoms with E-state index in [-0.39, 0.29) is 0 Å². The van der Waals surface area contributed by atoms with E-state index >= 15 is 0 Å². The average molecular weight is 300 g/mol. The van der Waals surface area contributed by atoms with Gasteiger partial charge in [-0.1, -0.05) is 6.92 Å². The van der Waals surface area contributed by atoms with Crippen LogP contribution in [0.5, 0.6) is 5.88 Å². The van der Waals surface area contributed by atoms with Gasteiger partial charge < -0.3 is 9.30 Å². The molecule has 0 spiro atoms. The number of fused-ring (bicyclic) bond motifs is 1. The van der Waals surface area contributed by atoms with Gasteiger partial charge in [-0.25, -0.2) is 4.98 Å². The fourth-order valence-corrected chi connectivity index (χ4v) is 2.95. The second-order valence-electron chi connectivity index (χ2n) is 4.24. The number of alkyl halides is 1. The molecule has 19 heavy (non-hydrogen) atoms. The number of hydrogen-bond acceptors (Lipinski definition) is 4. The third kappa shape index (κ3) is 2.98. The highest BCUT2D eigenvalue weighted by molar-refractivity contribution is 7.99. The molecular weight excluding hydrogens is 282 g/mol. The molecule has 0 saturated carbocycles. The normalized spacial score (nSPS) is 12.8. The zero-order valence-electron chi connectivity index (χ0n) is 11.4. The summed E-state index contributed by atoms with van der Waals surface area (Å²) < 4.78 is 7.31. The number of imidazole rings is 1. The van der Waals surface area contributed by atoms with Crippen LogP contribution in [0.15, 0.2) is 12.1 Å². The largest absolute Gasteiger partial charge is 0.481 e. The van der Waals surface area contributed by atoms with Gasteiger partial charge in [-0.05, 0) is 18.7 Å². The molecule has 2 rings (SSSR count). The highest BCUT2D eigenvalue weighted by Crippen LogP contribution is 2.25. The Hall–Kier alpha value is -0.940. The van der Waals surface area contributed by atoms with Crippen molar-refractivity contribution in [3.05, 3.63) is 18.0 Å². The van der Waals surface area contributed by atoms with Crippen molar-refractivity contribution in [3.63, 3.8) is 0 Å². The predicted molar refractivity (Wildman–Crippen MR) is 81.3 cm³/mol. The van der Waals surface area contributed by atoms with Crippen LogP contribution in [-0.4, -0.2) is 33.2 Å². The smallest absolute Gasteiger partial charge is 0.215 e. The molecule has 0 radical (unpaired) electrons. The van der Waals surface area contributed by atoms with E-state index in [1.165, 1.54) is 0 Å². The molecule has 0 aliphatic carbocycles. The number of methoxy groups -OCH3 is 1. The molecule has 0 amide bonds. The zero-order chi connectivity index (χ0) is 13.8. The second kappa shape index (κ2) is 6.48. The SMILES string of the molecule is CCSCC(C)n1c(CCl)nc2ccc(OC)nc21. The van der Waals surface area contributed by atoms with E-state index in [0.717, 1.165) is 28.5 Å². The van der Waals surface area contributed by atoms with Crippen molar-refractivity contribution in [1.82, 2.24) is 14.5 Å². The molecule has 6 heteroatoms. The van der Waals surface area contributed by atoms with Crippen molar-refractivity contribution in [2.45, 2.75) is 25.8 Å². The van der Waals surface area contributed by atoms with Crippen LogP contribution in [0.3, 0.4) is 0 Å². The van der Waals surface area contributed by atoms with Crippen LogP contribution in [-0.2, 0) is 5.88 Å². The number of rotatable bonds is 6. The number of pyridine rings is 1. The first-order valence-corrected chi connectivity index (χ1v) is 7.95. The lowest BCUT2D eigenvalue weighted by Gasteiger charge is -2.15. The van der Waals surface area contributed by atoms with Crippen LogP contribution in [0.1, 0.15) is 25.7 Å². The first-order chi connectivity index (χ1) is 9.21. The van der Waals surface area contributed by atoms with Gasteiger partial charge >= 0.3 is 0 Å². The molecule has 0 aromatic carbocycles. The standard InChI is InChI=1S/C13H18ClN3OS/c1-4-19-8-9(2)17-11(7-14)15-10-5-6-12(18-3)16-13(10)17/h5-6,9H,4,7-8H2,1-3H3. The molecular formula is C13H18ClN3OS. The monoisotopic (exact) mass is 299 g/mol. The first kappa shape index (κ1) is 14.5. The Bertz CT molecular complexity index is 558. The highest BCUT2D eigenvalue weighted by Gasteiger charge is 2.17. The molecule has 0 saturated heterocycles. The van der Waals surface area contributed by atoms with Crippen LogP contribution in [0, 0.1) is 0 Å². The minimum atomic E-state index is 0.309. The van der Waals surface area contributed by atoms with Crippen molar-refractivity contribution in [1.29, 1.82) is 0 Å². The van der Waals surface area contributed by atoms with Gasteiger partial charge in [0.25, 0.3) is 0 Å². The quantitative estimate of drug-likeness (QED) is 0.766. The summed E-state index contributed by atoms with van der Waals surface area (Å²) in [6.45, 7) is 4.33. The molecule has 2 aromatic rings. The Morgan fingerprint density at radius 1 is 1.42 bits per heavy atom. The number of nitrogens with zero attached hydrogens (tertiary/aromatic N) is 3. The van der Waals surface area contributed by atoms with Crippen LogP contribution >= 0.6 is 23.4 Å². The molecule has 0 bridgehead atoms. The van der Waals surface area contributed by atoms with E-state index in [4.69, 9.17) is 16.3 Å². The van der Waals surface area contributed by atoms with Crippen molar-refractivity contribution >= 4 is 34.5 Å². The minimum Gasteiger partial charge on any atom is -0.481 e. The van der Waals surface area contributed by atoms with Gasteiger partial charge in [-0.2, -0.15) is 16.7 Å². The van der Waals surface area contributed by atoms with Crippen LogP contribution in [0.2, 0.25) is 0 Å². The van der Waals surface area contributed by atoms with Crippen LogP contribution < -0.4 is 4.74 Å². The first-order valence-electron chi connectivity index (χ1n) is 6.26. The van der Waals surface area contributed by atoms with E-state index in [0.29, 0.717) is 17.8 Å². The molecule has 0 aliphatic rings. The Labute approximate surface area is 122 Å². The Morgan fingerprint density at radius 3 is 2.84 bits per heavy atom. The topological polar surface area (TPSA) is 39.9 Å². The van der Waals surface area contributed by atoms with Crippen LogP contribution in [0.25, 0.3) is 11.2 Å². The molecule has 2 heterocycles. The maximum absolute atomic E-state index is 6.01. The lowest BCUT2D eigenvalue weighted by atomic mass is 10.3. The molecule has 4 nitrogen and oxygen atoms in total. The van der Waals surface area contributed by atoms with Gasteiger partial charge in [-0.15, -0.1) is 11.6 Å². The maximum atomic E-state index is 6.01. The van der Waals surface area contributed by atoms with Crippen molar-refractivity contribution in [3.8, 4) is 5.88 Å². The Balaban J connectivity index is 2.48. The van der Waals surface area contributed by atoms with Gasteiger partial charge in [0.2, 0.25) is 5.88 Å². The lowest BCUT2D eigenvalue weighted by molar-refractivity contribution is 0.398. The van der Waals surface area contributed by atoms with Gasteiger partial charge in [-0.3, -0.25) is 0 Å². The predicted octanol–water partition coefficient (Wildman–Crippen LogP) is 3.49. The average Bonchev–Trinajstić information content (AvgIpc) is 2.82. The number of halogens is 1. The summed E-state index contributed by atoms with van der Waals surface area (Å²) in [6, 6.07) is 4.06. The summed E-state index contributed by atoms with van der Waals surface area (Å²) in [7, 11) is 1.62. The molecule has 1 unspecified atom stereocenters. The summed E-state index contributed by atoms with van der Waals surface area (Å²) in [5.74, 6) is 3.97. The molecule has 2 aromatic heterocycles. The van der Waals surface area contributed by atoms with Crippen molar-refractivity contribution < 1.29 is 4.74 Å². The summed E-state index contributed by atoms with van der Waals surface area (Å²) in [5.41, 5.74) is 1.71. The fourth-order valence-electron chi connectivity index (χ4n) is 2.04. The summed E-state index contributed by atoms with van der Waals surface area (Å²) >= 11 is 7.91. The van der Waals surface area contributed by atoms with Gasteiger partial charge in [0.1, 0.15) is 11.3 Å². The third-order valence-electron chi connectivity index (χ3n) is 2.92. The number of aromatic nitrogens is 3. The van der Waals surface area contributed by atoms with E-state index in [1.54, 1.807) is 7.11 Å². The third-order valence-corrected chi connectivity index (χ3v) is 4.28. The number of thioether (sulfide) groups is 1. The molecule has 0 fully saturated rings. The molecule has 0 aliphatic heterocycles. The maximum Gasteiger partial charge on any atom is 0.215 e. The van der Waals surface area contributed by atoms with Gasteiger partial charge in [0.05, 0.1) is 13.0 Å². The van der Waals surface area contributed by atoms with Gasteiger partial charge in [0, 0.05) is 17.9 Å². The van der Waals surface area contributed by atoms with Gasteiger partial charge in [0.15, 0.2) is 5.65 Å². The zero-order valence-corrected chi connectivity index (χ0v) is 13.0. The van der Waals surface area contributed by atoms with Crippen molar-refractivity contribution in [2.75, 3.05) is 18.6 Å². The number of hydrogen-bond donors (Lipinski definition) is 0. The summed E-state index contributed by atoms with van der Waals surface area (Å²) in [4.78, 5) is 9.04. The molecule has 1 atom stereocenters. The summed E-state index contributed by atoms with van der Waals surface area (Å²) in [5, 5.41) is 0. The Kier molecular flexibility index (Phi) is 4.93. The van der Waals surface area contributed by atoms with E-state index in [2.05, 4.69) is 28.4 Å². The highest BCUT2D eigenvalue weighted by atomic mass is 35.5. The second-order valence-corrected chi connectivity index (χ2v) is 5.82. The summed E-state index contributed by atoms with van der Waals surface area (Å²) in [6.07, 6.45) is 0. The molecule has 0 N–H and O–H groups in total. The van der Waals surface area contributed by atoms with E-state index < -0.39 is 0 Å². The lowest BCUT2D eigenvalue weighted by Crippen LogP contribution is -2.11. The molecule has 104 valence electrons. The van der Waals surface area contributed by atoms with Crippen LogP contribution in [0.4, 0.5) is 0 Å². The van der Waals surface area contributed by atoms with E-state index in [1.807, 2.05) is 23.9 Å². The Morgan fingerprint density at radius 2 is 2.21 bits per heavy atom. The van der Waals surface area contributed by atoms with E-state index in [9.17, 15) is 0 Å². The number of ether oxygens (including phenoxy) is 1. The minimum absolute atomic E-state index is 0.309. The fraction of sp³-hybridized carbons (Fsp3) is 0.538.